The molecule has 0 bridgehead atoms. The van der Waals surface area contributed by atoms with Gasteiger partial charge in [-0.1, -0.05) is 18.2 Å². The number of rotatable bonds is 9. The maximum absolute atomic E-state index is 14.0. The van der Waals surface area contributed by atoms with E-state index in [0.717, 1.165) is 41.4 Å². The van der Waals surface area contributed by atoms with Crippen LogP contribution in [-0.2, 0) is 11.3 Å². The zero-order valence-corrected chi connectivity index (χ0v) is 23.5. The van der Waals surface area contributed by atoms with Gasteiger partial charge in [0.1, 0.15) is 0 Å². The second-order valence-electron chi connectivity index (χ2n) is 10.3. The molecule has 2 amide bonds. The molecular formula is C33H32FN5O3. The van der Waals surface area contributed by atoms with Crippen LogP contribution in [0.5, 0.6) is 0 Å². The minimum absolute atomic E-state index is 0.0428. The van der Waals surface area contributed by atoms with Gasteiger partial charge in [0.15, 0.2) is 11.6 Å². The monoisotopic (exact) mass is 565 g/mol. The number of amides is 2. The van der Waals surface area contributed by atoms with Gasteiger partial charge in [0.2, 0.25) is 0 Å². The number of Topliss-reactive ketones (excluding diaryl/α,β-unsaturated/α-hetero) is 1. The molecule has 1 heterocycles. The van der Waals surface area contributed by atoms with Crippen LogP contribution >= 0.6 is 0 Å². The molecule has 1 aliphatic rings. The van der Waals surface area contributed by atoms with Gasteiger partial charge in [-0.3, -0.25) is 19.4 Å². The average Bonchev–Trinajstić information content (AvgIpc) is 3.44. The lowest BCUT2D eigenvalue weighted by molar-refractivity contribution is -0.118. The molecule has 4 aromatic rings. The number of halogens is 1. The molecule has 214 valence electrons. The van der Waals surface area contributed by atoms with E-state index in [1.165, 1.54) is 12.3 Å². The highest BCUT2D eigenvalue weighted by Crippen LogP contribution is 2.28. The standard InChI is InChI=1S/C33H32FN5O3/c1-35-19-24-10-9-23(33(42)38-29-15-16-36-20-28(29)34)18-27(24)21-5-3-6-22(17-21)32(41)37-25-11-13-26(14-12-25)39(2)30-7-4-8-31(30)40/h3,5-6,9-18,20,30,35H,4,7-8,19H2,1-2H3,(H,37,41)(H,36,38,42). The Morgan fingerprint density at radius 1 is 0.976 bits per heavy atom. The summed E-state index contributed by atoms with van der Waals surface area (Å²) in [6.45, 7) is 0.542. The summed E-state index contributed by atoms with van der Waals surface area (Å²) in [5.74, 6) is -1.09. The van der Waals surface area contributed by atoms with Gasteiger partial charge in [-0.05, 0) is 91.2 Å². The molecular weight excluding hydrogens is 533 g/mol. The number of aromatic nitrogens is 1. The second-order valence-corrected chi connectivity index (χ2v) is 10.3. The molecule has 8 nitrogen and oxygen atoms in total. The Bertz CT molecular complexity index is 1620. The first kappa shape index (κ1) is 28.6. The van der Waals surface area contributed by atoms with Crippen molar-refractivity contribution < 1.29 is 18.8 Å². The van der Waals surface area contributed by atoms with Crippen molar-refractivity contribution in [1.29, 1.82) is 0 Å². The van der Waals surface area contributed by atoms with Crippen LogP contribution in [0.25, 0.3) is 11.1 Å². The molecule has 0 radical (unpaired) electrons. The van der Waals surface area contributed by atoms with E-state index in [4.69, 9.17) is 0 Å². The molecule has 9 heteroatoms. The summed E-state index contributed by atoms with van der Waals surface area (Å²) in [5, 5.41) is 8.67. The highest BCUT2D eigenvalue weighted by atomic mass is 19.1. The van der Waals surface area contributed by atoms with Gasteiger partial charge in [0, 0.05) is 48.7 Å². The number of nitrogens with one attached hydrogen (secondary N) is 3. The number of hydrogen-bond acceptors (Lipinski definition) is 6. The van der Waals surface area contributed by atoms with Crippen molar-refractivity contribution in [2.75, 3.05) is 29.6 Å². The molecule has 1 aliphatic carbocycles. The second kappa shape index (κ2) is 12.7. The Balaban J connectivity index is 1.34. The third kappa shape index (κ3) is 6.37. The van der Waals surface area contributed by atoms with Crippen molar-refractivity contribution in [2.24, 2.45) is 0 Å². The molecule has 1 unspecified atom stereocenters. The van der Waals surface area contributed by atoms with E-state index in [0.29, 0.717) is 29.8 Å². The SMILES string of the molecule is CNCc1ccc(C(=O)Nc2ccncc2F)cc1-c1cccc(C(=O)Nc2ccc(N(C)C3CCCC3=O)cc2)c1. The number of nitrogens with zero attached hydrogens (tertiary/aromatic N) is 2. The Kier molecular flexibility index (Phi) is 8.68. The fourth-order valence-corrected chi connectivity index (χ4v) is 5.20. The Labute approximate surface area is 244 Å². The van der Waals surface area contributed by atoms with E-state index < -0.39 is 11.7 Å². The number of likely N-dealkylation sites (N-methyl/N-ethyl adjacent to an activating group) is 1. The molecule has 3 aromatic carbocycles. The Hall–Kier alpha value is -4.89. The number of pyridine rings is 1. The highest BCUT2D eigenvalue weighted by Gasteiger charge is 2.28. The van der Waals surface area contributed by atoms with Crippen molar-refractivity contribution in [3.05, 3.63) is 108 Å². The maximum atomic E-state index is 14.0. The lowest BCUT2D eigenvalue weighted by atomic mass is 9.95. The van der Waals surface area contributed by atoms with Gasteiger partial charge < -0.3 is 20.9 Å². The third-order valence-corrected chi connectivity index (χ3v) is 7.47. The summed E-state index contributed by atoms with van der Waals surface area (Å²) in [5.41, 5.74) is 4.87. The quantitative estimate of drug-likeness (QED) is 0.242. The first-order chi connectivity index (χ1) is 20.3. The lowest BCUT2D eigenvalue weighted by Crippen LogP contribution is -2.34. The van der Waals surface area contributed by atoms with Crippen molar-refractivity contribution in [3.63, 3.8) is 0 Å². The van der Waals surface area contributed by atoms with Crippen molar-refractivity contribution in [2.45, 2.75) is 31.8 Å². The fraction of sp³-hybridized carbons (Fsp3) is 0.212. The topological polar surface area (TPSA) is 103 Å². The number of carbonyl (C=O) groups is 3. The number of benzene rings is 3. The van der Waals surface area contributed by atoms with E-state index in [-0.39, 0.29) is 23.4 Å². The highest BCUT2D eigenvalue weighted by molar-refractivity contribution is 6.06. The molecule has 1 fully saturated rings. The van der Waals surface area contributed by atoms with Crippen LogP contribution in [0.4, 0.5) is 21.5 Å². The van der Waals surface area contributed by atoms with Gasteiger partial charge in [0.25, 0.3) is 11.8 Å². The summed E-state index contributed by atoms with van der Waals surface area (Å²) in [7, 11) is 3.75. The van der Waals surface area contributed by atoms with Crippen LogP contribution < -0.4 is 20.9 Å². The van der Waals surface area contributed by atoms with Crippen molar-refractivity contribution >= 4 is 34.7 Å². The summed E-state index contributed by atoms with van der Waals surface area (Å²) < 4.78 is 14.0. The Morgan fingerprint density at radius 3 is 2.45 bits per heavy atom. The van der Waals surface area contributed by atoms with Gasteiger partial charge in [0.05, 0.1) is 17.9 Å². The molecule has 0 spiro atoms. The van der Waals surface area contributed by atoms with Crippen LogP contribution in [0.1, 0.15) is 45.5 Å². The van der Waals surface area contributed by atoms with Crippen LogP contribution in [0.2, 0.25) is 0 Å². The van der Waals surface area contributed by atoms with E-state index in [1.807, 2.05) is 55.4 Å². The molecule has 1 atom stereocenters. The molecule has 1 saturated carbocycles. The summed E-state index contributed by atoms with van der Waals surface area (Å²) >= 11 is 0. The van der Waals surface area contributed by atoms with Crippen molar-refractivity contribution in [1.82, 2.24) is 10.3 Å². The van der Waals surface area contributed by atoms with Gasteiger partial charge in [-0.15, -0.1) is 0 Å². The smallest absolute Gasteiger partial charge is 0.255 e. The number of ketones is 1. The molecule has 1 aromatic heterocycles. The minimum atomic E-state index is -0.623. The zero-order chi connectivity index (χ0) is 29.6. The maximum Gasteiger partial charge on any atom is 0.255 e. The zero-order valence-electron chi connectivity index (χ0n) is 23.5. The predicted octanol–water partition coefficient (Wildman–Crippen LogP) is 5.67. The van der Waals surface area contributed by atoms with Crippen molar-refractivity contribution in [3.8, 4) is 11.1 Å². The fourth-order valence-electron chi connectivity index (χ4n) is 5.20. The van der Waals surface area contributed by atoms with E-state index in [9.17, 15) is 18.8 Å². The van der Waals surface area contributed by atoms with Crippen LogP contribution in [-0.4, -0.2) is 42.7 Å². The lowest BCUT2D eigenvalue weighted by Gasteiger charge is -2.25. The van der Waals surface area contributed by atoms with Crippen LogP contribution in [0.15, 0.2) is 85.2 Å². The van der Waals surface area contributed by atoms with Crippen LogP contribution in [0, 0.1) is 5.82 Å². The molecule has 3 N–H and O–H groups in total. The number of hydrogen-bond donors (Lipinski definition) is 3. The Morgan fingerprint density at radius 2 is 1.74 bits per heavy atom. The first-order valence-corrected chi connectivity index (χ1v) is 13.8. The van der Waals surface area contributed by atoms with E-state index in [2.05, 4.69) is 20.9 Å². The normalized spacial score (nSPS) is 14.5. The number of carbonyl (C=O) groups excluding carboxylic acids is 3. The van der Waals surface area contributed by atoms with Gasteiger partial charge >= 0.3 is 0 Å². The summed E-state index contributed by atoms with van der Waals surface area (Å²) in [6.07, 6.45) is 4.85. The molecule has 42 heavy (non-hydrogen) atoms. The molecule has 0 aliphatic heterocycles. The molecule has 5 rings (SSSR count). The van der Waals surface area contributed by atoms with Gasteiger partial charge in [-0.2, -0.15) is 0 Å². The third-order valence-electron chi connectivity index (χ3n) is 7.47. The van der Waals surface area contributed by atoms with E-state index >= 15 is 0 Å². The minimum Gasteiger partial charge on any atom is -0.365 e. The predicted molar refractivity (Wildman–Crippen MR) is 162 cm³/mol. The average molecular weight is 566 g/mol. The summed E-state index contributed by atoms with van der Waals surface area (Å²) in [4.78, 5) is 44.0. The first-order valence-electron chi connectivity index (χ1n) is 13.8. The largest absolute Gasteiger partial charge is 0.365 e. The molecule has 0 saturated heterocycles. The van der Waals surface area contributed by atoms with Crippen LogP contribution in [0.3, 0.4) is 0 Å². The number of anilines is 3. The van der Waals surface area contributed by atoms with Gasteiger partial charge in [-0.25, -0.2) is 4.39 Å². The summed E-state index contributed by atoms with van der Waals surface area (Å²) in [6, 6.07) is 21.2. The van der Waals surface area contributed by atoms with E-state index in [1.54, 1.807) is 30.3 Å².